The molecule has 0 saturated carbocycles. The highest BCUT2D eigenvalue weighted by molar-refractivity contribution is 6.06. The van der Waals surface area contributed by atoms with Gasteiger partial charge in [0.05, 0.1) is 12.3 Å². The van der Waals surface area contributed by atoms with E-state index < -0.39 is 5.91 Å². The van der Waals surface area contributed by atoms with Gasteiger partial charge in [0.15, 0.2) is 0 Å². The van der Waals surface area contributed by atoms with E-state index in [9.17, 15) is 9.59 Å². The Hall–Kier alpha value is -2.62. The molecule has 0 spiro atoms. The zero-order chi connectivity index (χ0) is 14.1. The summed E-state index contributed by atoms with van der Waals surface area (Å²) in [6, 6.07) is 15.2. The summed E-state index contributed by atoms with van der Waals surface area (Å²) in [6.07, 6.45) is 0.130. The molecule has 1 heterocycles. The molecule has 2 aromatic rings. The molecule has 1 aliphatic heterocycles. The Morgan fingerprint density at radius 2 is 1.85 bits per heavy atom. The summed E-state index contributed by atoms with van der Waals surface area (Å²) < 4.78 is 0. The van der Waals surface area contributed by atoms with Gasteiger partial charge in [-0.1, -0.05) is 48.5 Å². The van der Waals surface area contributed by atoms with Crippen molar-refractivity contribution in [3.63, 3.8) is 0 Å². The Morgan fingerprint density at radius 3 is 2.55 bits per heavy atom. The standard InChI is InChI=1S/C16H14N2O2/c17-13(19)9-11-7-4-8-12-14(16(20)18-15(11)12)10-5-2-1-3-6-10/h1-8,14H,9H2,(H2,17,19)(H,18,20). The second-order valence-electron chi connectivity index (χ2n) is 4.86. The first-order valence-corrected chi connectivity index (χ1v) is 6.42. The van der Waals surface area contributed by atoms with Gasteiger partial charge in [0.1, 0.15) is 0 Å². The molecule has 0 aliphatic carbocycles. The maximum atomic E-state index is 12.2. The number of nitrogens with one attached hydrogen (secondary N) is 1. The maximum absolute atomic E-state index is 12.2. The molecule has 3 N–H and O–H groups in total. The molecule has 4 heteroatoms. The number of nitrogens with two attached hydrogens (primary N) is 1. The van der Waals surface area contributed by atoms with Crippen LogP contribution in [0.5, 0.6) is 0 Å². The van der Waals surface area contributed by atoms with Gasteiger partial charge in [-0.15, -0.1) is 0 Å². The average molecular weight is 266 g/mol. The maximum Gasteiger partial charge on any atom is 0.236 e. The lowest BCUT2D eigenvalue weighted by Gasteiger charge is -2.09. The SMILES string of the molecule is NC(=O)Cc1cccc2c1NC(=O)C2c1ccccc1. The minimum atomic E-state index is -0.407. The van der Waals surface area contributed by atoms with E-state index in [4.69, 9.17) is 5.73 Å². The van der Waals surface area contributed by atoms with Crippen LogP contribution >= 0.6 is 0 Å². The van der Waals surface area contributed by atoms with E-state index in [1.807, 2.05) is 48.5 Å². The lowest BCUT2D eigenvalue weighted by atomic mass is 9.91. The van der Waals surface area contributed by atoms with Crippen LogP contribution in [0, 0.1) is 0 Å². The molecule has 4 nitrogen and oxygen atoms in total. The van der Waals surface area contributed by atoms with E-state index in [-0.39, 0.29) is 18.2 Å². The zero-order valence-electron chi connectivity index (χ0n) is 10.8. The van der Waals surface area contributed by atoms with Crippen molar-refractivity contribution in [1.82, 2.24) is 0 Å². The third-order valence-electron chi connectivity index (χ3n) is 3.50. The van der Waals surface area contributed by atoms with Crippen molar-refractivity contribution in [3.8, 4) is 0 Å². The van der Waals surface area contributed by atoms with Crippen LogP contribution in [0.1, 0.15) is 22.6 Å². The van der Waals surface area contributed by atoms with E-state index in [1.54, 1.807) is 0 Å². The van der Waals surface area contributed by atoms with Crippen LogP contribution in [0.4, 0.5) is 5.69 Å². The first-order chi connectivity index (χ1) is 9.66. The van der Waals surface area contributed by atoms with Gasteiger partial charge in [-0.25, -0.2) is 0 Å². The Bertz CT molecular complexity index is 680. The van der Waals surface area contributed by atoms with Crippen LogP contribution in [-0.2, 0) is 16.0 Å². The van der Waals surface area contributed by atoms with Crippen LogP contribution in [0.3, 0.4) is 0 Å². The van der Waals surface area contributed by atoms with Crippen LogP contribution in [-0.4, -0.2) is 11.8 Å². The Morgan fingerprint density at radius 1 is 1.10 bits per heavy atom. The van der Waals surface area contributed by atoms with Crippen molar-refractivity contribution in [2.75, 3.05) is 5.32 Å². The van der Waals surface area contributed by atoms with Gasteiger partial charge in [-0.3, -0.25) is 9.59 Å². The van der Waals surface area contributed by atoms with Crippen LogP contribution in [0.15, 0.2) is 48.5 Å². The van der Waals surface area contributed by atoms with Gasteiger partial charge in [0.25, 0.3) is 0 Å². The molecule has 0 bridgehead atoms. The lowest BCUT2D eigenvalue weighted by molar-refractivity contribution is -0.117. The largest absolute Gasteiger partial charge is 0.369 e. The predicted molar refractivity (Wildman–Crippen MR) is 76.3 cm³/mol. The minimum Gasteiger partial charge on any atom is -0.369 e. The quantitative estimate of drug-likeness (QED) is 0.889. The first-order valence-electron chi connectivity index (χ1n) is 6.42. The number of fused-ring (bicyclic) bond motifs is 1. The normalized spacial score (nSPS) is 16.6. The van der Waals surface area contributed by atoms with E-state index in [0.717, 1.165) is 22.4 Å². The van der Waals surface area contributed by atoms with Crippen molar-refractivity contribution < 1.29 is 9.59 Å². The third kappa shape index (κ3) is 2.05. The summed E-state index contributed by atoms with van der Waals surface area (Å²) in [5.74, 6) is -0.794. The first kappa shape index (κ1) is 12.4. The van der Waals surface area contributed by atoms with Gasteiger partial charge in [-0.2, -0.15) is 0 Å². The highest BCUT2D eigenvalue weighted by Gasteiger charge is 2.33. The number of carbonyl (C=O) groups is 2. The van der Waals surface area contributed by atoms with E-state index in [2.05, 4.69) is 5.32 Å². The number of hydrogen-bond acceptors (Lipinski definition) is 2. The fraction of sp³-hybridized carbons (Fsp3) is 0.125. The predicted octanol–water partition coefficient (Wildman–Crippen LogP) is 1.80. The van der Waals surface area contributed by atoms with Gasteiger partial charge in [0, 0.05) is 5.69 Å². The summed E-state index contributed by atoms with van der Waals surface area (Å²) in [6.45, 7) is 0. The van der Waals surface area contributed by atoms with Gasteiger partial charge >= 0.3 is 0 Å². The number of rotatable bonds is 3. The Labute approximate surface area is 116 Å². The molecule has 1 atom stereocenters. The molecule has 0 saturated heterocycles. The molecule has 0 aromatic heterocycles. The van der Waals surface area contributed by atoms with Crippen molar-refractivity contribution >= 4 is 17.5 Å². The van der Waals surface area contributed by atoms with Crippen molar-refractivity contribution in [3.05, 3.63) is 65.2 Å². The molecule has 2 aromatic carbocycles. The Balaban J connectivity index is 2.08. The number of hydrogen-bond donors (Lipinski definition) is 2. The topological polar surface area (TPSA) is 72.2 Å². The number of amides is 2. The molecule has 20 heavy (non-hydrogen) atoms. The average Bonchev–Trinajstić information content (AvgIpc) is 2.76. The fourth-order valence-electron chi connectivity index (χ4n) is 2.66. The summed E-state index contributed by atoms with van der Waals surface area (Å²) in [7, 11) is 0. The van der Waals surface area contributed by atoms with E-state index in [0.29, 0.717) is 0 Å². The second kappa shape index (κ2) is 4.81. The summed E-state index contributed by atoms with van der Waals surface area (Å²) in [4.78, 5) is 23.4. The molecule has 100 valence electrons. The number of carbonyl (C=O) groups excluding carboxylic acids is 2. The smallest absolute Gasteiger partial charge is 0.236 e. The molecule has 1 unspecified atom stereocenters. The number of benzene rings is 2. The van der Waals surface area contributed by atoms with Gasteiger partial charge in [-0.05, 0) is 16.7 Å². The molecule has 1 aliphatic rings. The van der Waals surface area contributed by atoms with Gasteiger partial charge < -0.3 is 11.1 Å². The molecule has 0 fully saturated rings. The number of para-hydroxylation sites is 1. The number of anilines is 1. The van der Waals surface area contributed by atoms with Crippen LogP contribution < -0.4 is 11.1 Å². The molecule has 2 amide bonds. The highest BCUT2D eigenvalue weighted by atomic mass is 16.2. The van der Waals surface area contributed by atoms with Crippen molar-refractivity contribution in [2.24, 2.45) is 5.73 Å². The summed E-state index contributed by atoms with van der Waals surface area (Å²) >= 11 is 0. The minimum absolute atomic E-state index is 0.0666. The zero-order valence-corrected chi connectivity index (χ0v) is 10.8. The monoisotopic (exact) mass is 266 g/mol. The molecular weight excluding hydrogens is 252 g/mol. The Kier molecular flexibility index (Phi) is 2.99. The number of primary amides is 1. The summed E-state index contributed by atoms with van der Waals surface area (Å²) in [5, 5.41) is 2.87. The van der Waals surface area contributed by atoms with E-state index in [1.165, 1.54) is 0 Å². The highest BCUT2D eigenvalue weighted by Crippen LogP contribution is 2.39. The molecule has 0 radical (unpaired) electrons. The van der Waals surface area contributed by atoms with Crippen LogP contribution in [0.2, 0.25) is 0 Å². The molecular formula is C16H14N2O2. The second-order valence-corrected chi connectivity index (χ2v) is 4.86. The molecule has 3 rings (SSSR count). The van der Waals surface area contributed by atoms with Crippen molar-refractivity contribution in [1.29, 1.82) is 0 Å². The fourth-order valence-corrected chi connectivity index (χ4v) is 2.66. The van der Waals surface area contributed by atoms with Crippen molar-refractivity contribution in [2.45, 2.75) is 12.3 Å². The van der Waals surface area contributed by atoms with Gasteiger partial charge in [0.2, 0.25) is 11.8 Å². The summed E-state index contributed by atoms with van der Waals surface area (Å²) in [5.41, 5.74) is 8.59. The van der Waals surface area contributed by atoms with Crippen LogP contribution in [0.25, 0.3) is 0 Å². The third-order valence-corrected chi connectivity index (χ3v) is 3.50. The lowest BCUT2D eigenvalue weighted by Crippen LogP contribution is -2.15. The van der Waals surface area contributed by atoms with E-state index >= 15 is 0 Å².